The second kappa shape index (κ2) is 9.78. The lowest BCUT2D eigenvalue weighted by Gasteiger charge is -2.32. The highest BCUT2D eigenvalue weighted by Gasteiger charge is 2.42. The van der Waals surface area contributed by atoms with Gasteiger partial charge in [-0.05, 0) is 24.3 Å². The summed E-state index contributed by atoms with van der Waals surface area (Å²) in [5.74, 6) is 0.513. The number of hydrazine groups is 1. The van der Waals surface area contributed by atoms with Crippen LogP contribution in [0, 0.1) is 5.92 Å². The van der Waals surface area contributed by atoms with Crippen LogP contribution in [0.3, 0.4) is 0 Å². The minimum absolute atomic E-state index is 0.0561. The molecule has 2 aromatic carbocycles. The number of aliphatic imine (C=N–C) groups is 1. The van der Waals surface area contributed by atoms with E-state index in [0.717, 1.165) is 0 Å². The van der Waals surface area contributed by atoms with Crippen molar-refractivity contribution < 1.29 is 19.1 Å². The molecule has 2 atom stereocenters. The highest BCUT2D eigenvalue weighted by atomic mass is 35.5. The van der Waals surface area contributed by atoms with E-state index in [1.54, 1.807) is 61.6 Å². The predicted molar refractivity (Wildman–Crippen MR) is 125 cm³/mol. The summed E-state index contributed by atoms with van der Waals surface area (Å²) in [6, 6.07) is 12.1. The van der Waals surface area contributed by atoms with E-state index < -0.39 is 0 Å². The molecule has 3 N–H and O–H groups in total. The molecule has 2 aromatic rings. The molecular formula is C21H22ClN5O4S. The van der Waals surface area contributed by atoms with Crippen LogP contribution in [-0.2, 0) is 9.59 Å². The zero-order chi connectivity index (χ0) is 22.7. The number of nitrogens with one attached hydrogen (secondary N) is 3. The van der Waals surface area contributed by atoms with E-state index in [1.165, 1.54) is 11.8 Å². The number of nitrogens with zero attached hydrogens (tertiary/aromatic N) is 2. The zero-order valence-corrected chi connectivity index (χ0v) is 19.0. The number of benzene rings is 2. The van der Waals surface area contributed by atoms with Crippen molar-refractivity contribution in [3.05, 3.63) is 47.5 Å². The molecule has 9 nitrogen and oxygen atoms in total. The lowest BCUT2D eigenvalue weighted by Crippen LogP contribution is -2.49. The summed E-state index contributed by atoms with van der Waals surface area (Å²) < 4.78 is 10.5. The Balaban J connectivity index is 1.50. The van der Waals surface area contributed by atoms with E-state index in [-0.39, 0.29) is 29.7 Å². The normalized spacial score (nSPS) is 19.9. The van der Waals surface area contributed by atoms with Gasteiger partial charge < -0.3 is 14.8 Å². The van der Waals surface area contributed by atoms with Gasteiger partial charge in [-0.15, -0.1) is 0 Å². The van der Waals surface area contributed by atoms with Gasteiger partial charge in [0.05, 0.1) is 31.6 Å². The highest BCUT2D eigenvalue weighted by molar-refractivity contribution is 8.14. The van der Waals surface area contributed by atoms with Gasteiger partial charge in [0.2, 0.25) is 11.8 Å². The maximum atomic E-state index is 13.2. The Bertz CT molecular complexity index is 1030. The fourth-order valence-corrected chi connectivity index (χ4v) is 4.37. The number of carbonyl (C=O) groups excluding carboxylic acids is 2. The van der Waals surface area contributed by atoms with E-state index >= 15 is 0 Å². The summed E-state index contributed by atoms with van der Waals surface area (Å²) in [4.78, 5) is 32.0. The fourth-order valence-electron chi connectivity index (χ4n) is 3.40. The number of amides is 2. The van der Waals surface area contributed by atoms with Crippen LogP contribution in [0.4, 0.5) is 11.4 Å². The smallest absolute Gasteiger partial charge is 0.241 e. The third-order valence-corrected chi connectivity index (χ3v) is 6.19. The van der Waals surface area contributed by atoms with Crippen LogP contribution in [-0.4, -0.2) is 49.7 Å². The molecular weight excluding hydrogens is 454 g/mol. The monoisotopic (exact) mass is 475 g/mol. The standard InChI is InChI=1S/C21H22ClN5O4S/c1-30-15-7-13(8-16(9-15)31-2)24-18(28)11-32-21-25-19-17(10-23-26-19)20(29)27(21)14-5-3-12(22)4-6-14/h3-9,17,19,23,26H,10-11H2,1-2H3,(H,24,28). The van der Waals surface area contributed by atoms with Crippen molar-refractivity contribution in [1.82, 2.24) is 10.9 Å². The molecule has 0 saturated carbocycles. The van der Waals surface area contributed by atoms with E-state index in [0.29, 0.717) is 39.6 Å². The lowest BCUT2D eigenvalue weighted by atomic mass is 10.0. The summed E-state index contributed by atoms with van der Waals surface area (Å²) >= 11 is 7.19. The molecule has 2 aliphatic rings. The molecule has 0 bridgehead atoms. The van der Waals surface area contributed by atoms with Gasteiger partial charge in [0, 0.05) is 35.5 Å². The number of anilines is 2. The molecule has 1 fully saturated rings. The number of ether oxygens (including phenoxy) is 2. The van der Waals surface area contributed by atoms with Crippen LogP contribution in [0.15, 0.2) is 47.5 Å². The summed E-state index contributed by atoms with van der Waals surface area (Å²) in [5, 5.41) is 3.83. The third kappa shape index (κ3) is 4.83. The maximum absolute atomic E-state index is 13.2. The van der Waals surface area contributed by atoms with E-state index in [2.05, 4.69) is 21.2 Å². The molecule has 2 unspecified atom stereocenters. The number of fused-ring (bicyclic) bond motifs is 1. The quantitative estimate of drug-likeness (QED) is 0.589. The number of hydrogen-bond donors (Lipinski definition) is 3. The Morgan fingerprint density at radius 2 is 1.91 bits per heavy atom. The Kier molecular flexibility index (Phi) is 6.85. The van der Waals surface area contributed by atoms with Gasteiger partial charge in [-0.25, -0.2) is 10.4 Å². The number of carbonyl (C=O) groups is 2. The molecule has 2 heterocycles. The van der Waals surface area contributed by atoms with Crippen molar-refractivity contribution in [2.24, 2.45) is 10.9 Å². The van der Waals surface area contributed by atoms with E-state index in [4.69, 9.17) is 21.1 Å². The van der Waals surface area contributed by atoms with Gasteiger partial charge in [-0.1, -0.05) is 23.4 Å². The van der Waals surface area contributed by atoms with E-state index in [1.807, 2.05) is 0 Å². The predicted octanol–water partition coefficient (Wildman–Crippen LogP) is 2.48. The topological polar surface area (TPSA) is 104 Å². The molecule has 2 amide bonds. The third-order valence-electron chi connectivity index (χ3n) is 4.98. The highest BCUT2D eigenvalue weighted by Crippen LogP contribution is 2.30. The number of halogens is 1. The average molecular weight is 476 g/mol. The van der Waals surface area contributed by atoms with Crippen molar-refractivity contribution in [1.29, 1.82) is 0 Å². The average Bonchev–Trinajstić information content (AvgIpc) is 3.27. The van der Waals surface area contributed by atoms with Crippen LogP contribution in [0.2, 0.25) is 5.02 Å². The molecule has 32 heavy (non-hydrogen) atoms. The number of thioether (sulfide) groups is 1. The molecule has 1 saturated heterocycles. The van der Waals surface area contributed by atoms with Gasteiger partial charge in [0.15, 0.2) is 5.17 Å². The van der Waals surface area contributed by atoms with Gasteiger partial charge in [0.25, 0.3) is 0 Å². The minimum Gasteiger partial charge on any atom is -0.497 e. The van der Waals surface area contributed by atoms with Gasteiger partial charge in [-0.3, -0.25) is 19.9 Å². The van der Waals surface area contributed by atoms with Crippen molar-refractivity contribution in [3.63, 3.8) is 0 Å². The first-order chi connectivity index (χ1) is 15.5. The molecule has 0 spiro atoms. The van der Waals surface area contributed by atoms with E-state index in [9.17, 15) is 9.59 Å². The molecule has 0 aliphatic carbocycles. The summed E-state index contributed by atoms with van der Waals surface area (Å²) in [6.45, 7) is 0.479. The van der Waals surface area contributed by atoms with Crippen molar-refractivity contribution in [3.8, 4) is 11.5 Å². The second-order valence-electron chi connectivity index (χ2n) is 7.08. The number of rotatable bonds is 6. The summed E-state index contributed by atoms with van der Waals surface area (Å²) in [7, 11) is 3.08. The molecule has 168 valence electrons. The zero-order valence-electron chi connectivity index (χ0n) is 17.4. The van der Waals surface area contributed by atoms with Crippen LogP contribution in [0.5, 0.6) is 11.5 Å². The molecule has 4 rings (SSSR count). The van der Waals surface area contributed by atoms with Crippen LogP contribution >= 0.6 is 23.4 Å². The van der Waals surface area contributed by atoms with Gasteiger partial charge >= 0.3 is 0 Å². The van der Waals surface area contributed by atoms with Gasteiger partial charge in [0.1, 0.15) is 17.7 Å². The first-order valence-corrected chi connectivity index (χ1v) is 11.2. The molecule has 0 aromatic heterocycles. The van der Waals surface area contributed by atoms with Crippen molar-refractivity contribution in [2.45, 2.75) is 6.17 Å². The lowest BCUT2D eigenvalue weighted by molar-refractivity contribution is -0.121. The minimum atomic E-state index is -0.376. The van der Waals surface area contributed by atoms with Crippen LogP contribution in [0.1, 0.15) is 0 Å². The van der Waals surface area contributed by atoms with Crippen molar-refractivity contribution >= 4 is 51.7 Å². The summed E-state index contributed by atoms with van der Waals surface area (Å²) in [5.41, 5.74) is 7.18. The fraction of sp³-hybridized carbons (Fsp3) is 0.286. The van der Waals surface area contributed by atoms with Crippen molar-refractivity contribution in [2.75, 3.05) is 36.7 Å². The SMILES string of the molecule is COc1cc(NC(=O)CSC2=NC3NNCC3C(=O)N2c2ccc(Cl)cc2)cc(OC)c1. The van der Waals surface area contributed by atoms with Crippen LogP contribution in [0.25, 0.3) is 0 Å². The Hall–Kier alpha value is -2.79. The number of hydrogen-bond acceptors (Lipinski definition) is 8. The first-order valence-electron chi connectivity index (χ1n) is 9.80. The Morgan fingerprint density at radius 1 is 1.22 bits per heavy atom. The molecule has 2 aliphatic heterocycles. The first kappa shape index (κ1) is 22.4. The largest absolute Gasteiger partial charge is 0.497 e. The molecule has 0 radical (unpaired) electrons. The Labute approximate surface area is 194 Å². The van der Waals surface area contributed by atoms with Gasteiger partial charge in [-0.2, -0.15) is 0 Å². The molecule has 11 heteroatoms. The maximum Gasteiger partial charge on any atom is 0.241 e. The van der Waals surface area contributed by atoms with Crippen LogP contribution < -0.4 is 30.5 Å². The Morgan fingerprint density at radius 3 is 2.56 bits per heavy atom. The second-order valence-corrected chi connectivity index (χ2v) is 8.46. The summed E-state index contributed by atoms with van der Waals surface area (Å²) in [6.07, 6.45) is -0.376. The number of methoxy groups -OCH3 is 2. The number of amidine groups is 1.